The normalized spacial score (nSPS) is 13.0. The Morgan fingerprint density at radius 2 is 1.89 bits per heavy atom. The first-order valence-corrected chi connectivity index (χ1v) is 7.69. The maximum atomic E-state index is 12.0. The second-order valence-corrected chi connectivity index (χ2v) is 6.96. The lowest BCUT2D eigenvalue weighted by Crippen LogP contribution is -2.08. The van der Waals surface area contributed by atoms with Crippen LogP contribution in [-0.4, -0.2) is 9.96 Å². The van der Waals surface area contributed by atoms with Crippen molar-refractivity contribution in [1.82, 2.24) is 0 Å². The first-order chi connectivity index (χ1) is 8.44. The van der Waals surface area contributed by atoms with E-state index in [1.165, 1.54) is 0 Å². The smallest absolute Gasteiger partial charge is 0.0683 e. The average molecular weight is 284 g/mol. The maximum absolute atomic E-state index is 12.0. The number of unbranched alkanes of at least 4 members (excludes halogenated alkanes) is 1. The molecule has 0 aliphatic carbocycles. The molecule has 1 unspecified atom stereocenters. The fourth-order valence-electron chi connectivity index (χ4n) is 1.56. The predicted octanol–water partition coefficient (Wildman–Crippen LogP) is 4.17. The van der Waals surface area contributed by atoms with Crippen molar-refractivity contribution < 1.29 is 4.21 Å². The summed E-state index contributed by atoms with van der Waals surface area (Å²) in [5, 5.41) is 9.54. The molecular formula is C14H18ClNOS. The van der Waals surface area contributed by atoms with Crippen LogP contribution in [0.1, 0.15) is 33.1 Å². The first-order valence-electron chi connectivity index (χ1n) is 6.00. The Morgan fingerprint density at radius 3 is 2.44 bits per heavy atom. The van der Waals surface area contributed by atoms with Gasteiger partial charge >= 0.3 is 0 Å². The summed E-state index contributed by atoms with van der Waals surface area (Å²) in [6.07, 6.45) is 2.65. The van der Waals surface area contributed by atoms with Crippen LogP contribution in [0.4, 0.5) is 0 Å². The highest BCUT2D eigenvalue weighted by atomic mass is 35.5. The summed E-state index contributed by atoms with van der Waals surface area (Å²) >= 11 is 5.78. The van der Waals surface area contributed by atoms with Crippen molar-refractivity contribution in [3.05, 3.63) is 29.3 Å². The van der Waals surface area contributed by atoms with Gasteiger partial charge in [-0.3, -0.25) is 4.21 Å². The number of benzene rings is 1. The second-order valence-electron chi connectivity index (χ2n) is 4.96. The van der Waals surface area contributed by atoms with E-state index in [0.717, 1.165) is 24.2 Å². The number of hydrogen-bond acceptors (Lipinski definition) is 2. The topological polar surface area (TPSA) is 40.9 Å². The van der Waals surface area contributed by atoms with Gasteiger partial charge in [0.1, 0.15) is 0 Å². The number of rotatable bonds is 6. The van der Waals surface area contributed by atoms with Gasteiger partial charge in [-0.25, -0.2) is 0 Å². The van der Waals surface area contributed by atoms with Gasteiger partial charge in [0.05, 0.1) is 22.3 Å². The van der Waals surface area contributed by atoms with Crippen LogP contribution in [-0.2, 0) is 10.8 Å². The Labute approximate surface area is 116 Å². The average Bonchev–Trinajstić information content (AvgIpc) is 2.35. The minimum atomic E-state index is -0.963. The fraction of sp³-hybridized carbons (Fsp3) is 0.500. The van der Waals surface area contributed by atoms with Crippen LogP contribution in [0.5, 0.6) is 0 Å². The fourth-order valence-corrected chi connectivity index (χ4v) is 2.83. The summed E-state index contributed by atoms with van der Waals surface area (Å²) in [5.74, 6) is 0.642. The van der Waals surface area contributed by atoms with Crippen LogP contribution in [0, 0.1) is 16.7 Å². The van der Waals surface area contributed by atoms with Crippen LogP contribution < -0.4 is 0 Å². The van der Waals surface area contributed by atoms with Crippen LogP contribution in [0.15, 0.2) is 29.2 Å². The molecule has 0 bridgehead atoms. The van der Waals surface area contributed by atoms with Gasteiger partial charge in [0.2, 0.25) is 0 Å². The van der Waals surface area contributed by atoms with E-state index < -0.39 is 10.8 Å². The SMILES string of the molecule is CC(C)(C#N)CCCCS(=O)c1ccc(Cl)cc1. The maximum Gasteiger partial charge on any atom is 0.0683 e. The summed E-state index contributed by atoms with van der Waals surface area (Å²) in [6, 6.07) is 9.40. The molecule has 2 nitrogen and oxygen atoms in total. The molecule has 0 aromatic heterocycles. The second kappa shape index (κ2) is 6.92. The third kappa shape index (κ3) is 5.20. The van der Waals surface area contributed by atoms with Crippen LogP contribution in [0.2, 0.25) is 5.02 Å². The van der Waals surface area contributed by atoms with Gasteiger partial charge in [0.15, 0.2) is 0 Å². The molecule has 0 saturated carbocycles. The van der Waals surface area contributed by atoms with E-state index in [4.69, 9.17) is 16.9 Å². The van der Waals surface area contributed by atoms with E-state index in [2.05, 4.69) is 6.07 Å². The number of nitrogens with zero attached hydrogens (tertiary/aromatic N) is 1. The van der Waals surface area contributed by atoms with Crippen molar-refractivity contribution in [3.8, 4) is 6.07 Å². The number of nitriles is 1. The highest BCUT2D eigenvalue weighted by Gasteiger charge is 2.15. The van der Waals surface area contributed by atoms with Gasteiger partial charge in [-0.1, -0.05) is 18.0 Å². The molecule has 0 aliphatic heterocycles. The minimum Gasteiger partial charge on any atom is -0.254 e. The molecule has 0 aliphatic rings. The molecule has 98 valence electrons. The van der Waals surface area contributed by atoms with Gasteiger partial charge in [0, 0.05) is 15.7 Å². The lowest BCUT2D eigenvalue weighted by molar-refractivity contribution is 0.432. The first kappa shape index (κ1) is 15.2. The predicted molar refractivity (Wildman–Crippen MR) is 76.0 cm³/mol. The Balaban J connectivity index is 2.34. The van der Waals surface area contributed by atoms with E-state index >= 15 is 0 Å². The quantitative estimate of drug-likeness (QED) is 0.735. The largest absolute Gasteiger partial charge is 0.254 e. The molecule has 0 spiro atoms. The summed E-state index contributed by atoms with van der Waals surface area (Å²) in [4.78, 5) is 0.818. The minimum absolute atomic E-state index is 0.276. The summed E-state index contributed by atoms with van der Waals surface area (Å²) < 4.78 is 12.0. The van der Waals surface area contributed by atoms with Crippen LogP contribution in [0.25, 0.3) is 0 Å². The Bertz CT molecular complexity index is 448. The molecule has 1 atom stereocenters. The Morgan fingerprint density at radius 1 is 1.28 bits per heavy atom. The van der Waals surface area contributed by atoms with Crippen molar-refractivity contribution >= 4 is 22.4 Å². The van der Waals surface area contributed by atoms with Gasteiger partial charge in [0.25, 0.3) is 0 Å². The lowest BCUT2D eigenvalue weighted by atomic mass is 9.89. The Kier molecular flexibility index (Phi) is 5.84. The lowest BCUT2D eigenvalue weighted by Gasteiger charge is -2.14. The zero-order chi connectivity index (χ0) is 13.6. The number of hydrogen-bond donors (Lipinski definition) is 0. The molecule has 0 saturated heterocycles. The zero-order valence-corrected chi connectivity index (χ0v) is 12.4. The molecule has 1 aromatic rings. The highest BCUT2D eigenvalue weighted by Crippen LogP contribution is 2.22. The standard InChI is InChI=1S/C14H18ClNOS/c1-14(2,11-16)9-3-4-10-18(17)13-7-5-12(15)6-8-13/h5-8H,3-4,9-10H2,1-2H3. The van der Waals surface area contributed by atoms with Crippen molar-refractivity contribution in [1.29, 1.82) is 5.26 Å². The van der Waals surface area contributed by atoms with Crippen molar-refractivity contribution in [2.45, 2.75) is 38.0 Å². The molecule has 1 aromatic carbocycles. The molecule has 1 rings (SSSR count). The van der Waals surface area contributed by atoms with Gasteiger partial charge < -0.3 is 0 Å². The van der Waals surface area contributed by atoms with Gasteiger partial charge in [-0.2, -0.15) is 5.26 Å². The molecular weight excluding hydrogens is 266 g/mol. The molecule has 0 radical (unpaired) electrons. The van der Waals surface area contributed by atoms with Crippen molar-refractivity contribution in [2.24, 2.45) is 5.41 Å². The summed E-state index contributed by atoms with van der Waals surface area (Å²) in [6.45, 7) is 3.87. The Hall–Kier alpha value is -0.850. The molecule has 0 fully saturated rings. The monoisotopic (exact) mass is 283 g/mol. The van der Waals surface area contributed by atoms with Crippen molar-refractivity contribution in [3.63, 3.8) is 0 Å². The third-order valence-corrected chi connectivity index (χ3v) is 4.47. The van der Waals surface area contributed by atoms with Gasteiger partial charge in [-0.05, 0) is 51.0 Å². The molecule has 0 amide bonds. The molecule has 18 heavy (non-hydrogen) atoms. The summed E-state index contributed by atoms with van der Waals surface area (Å²) in [5.41, 5.74) is -0.276. The van der Waals surface area contributed by atoms with E-state index in [9.17, 15) is 4.21 Å². The number of halogens is 1. The van der Waals surface area contributed by atoms with E-state index in [1.807, 2.05) is 13.8 Å². The van der Waals surface area contributed by atoms with Gasteiger partial charge in [-0.15, -0.1) is 0 Å². The molecule has 4 heteroatoms. The molecule has 0 N–H and O–H groups in total. The zero-order valence-electron chi connectivity index (χ0n) is 10.8. The molecule has 0 heterocycles. The van der Waals surface area contributed by atoms with E-state index in [0.29, 0.717) is 10.8 Å². The van der Waals surface area contributed by atoms with Crippen LogP contribution in [0.3, 0.4) is 0 Å². The van der Waals surface area contributed by atoms with E-state index in [1.54, 1.807) is 24.3 Å². The van der Waals surface area contributed by atoms with E-state index in [-0.39, 0.29) is 5.41 Å². The third-order valence-electron chi connectivity index (χ3n) is 2.76. The van der Waals surface area contributed by atoms with Crippen molar-refractivity contribution in [2.75, 3.05) is 5.75 Å². The van der Waals surface area contributed by atoms with Crippen LogP contribution >= 0.6 is 11.6 Å². The summed E-state index contributed by atoms with van der Waals surface area (Å²) in [7, 11) is -0.963. The highest BCUT2D eigenvalue weighted by molar-refractivity contribution is 7.85.